The topological polar surface area (TPSA) is 37.3 Å². The highest BCUT2D eigenvalue weighted by Gasteiger charge is 2.14. The lowest BCUT2D eigenvalue weighted by molar-refractivity contribution is 0.0697. The third-order valence-corrected chi connectivity index (χ3v) is 5.79. The zero-order chi connectivity index (χ0) is 19.8. The molecule has 4 aromatic rings. The average Bonchev–Trinajstić information content (AvgIpc) is 3.05. The molecule has 0 atom stereocenters. The Bertz CT molecular complexity index is 1200. The van der Waals surface area contributed by atoms with Gasteiger partial charge < -0.3 is 5.11 Å². The van der Waals surface area contributed by atoms with Crippen molar-refractivity contribution >= 4 is 39.0 Å². The summed E-state index contributed by atoms with van der Waals surface area (Å²) in [7, 11) is 0. The maximum absolute atomic E-state index is 14.4. The standard InChI is InChI=1S/C22H13ClF2O2S/c23-15-6-12(7-16(24)10-15)8-17-11-19-20(25)5-4-18(21(19)28-17)13-2-1-3-14(9-13)22(26)27/h1-7,9-11H,8H2,(H,26,27). The van der Waals surface area contributed by atoms with Crippen molar-refractivity contribution in [2.24, 2.45) is 0 Å². The van der Waals surface area contributed by atoms with Crippen LogP contribution in [0.2, 0.25) is 5.02 Å². The number of aromatic carboxylic acids is 1. The highest BCUT2D eigenvalue weighted by atomic mass is 35.5. The van der Waals surface area contributed by atoms with Gasteiger partial charge in [-0.2, -0.15) is 0 Å². The SMILES string of the molecule is O=C(O)c1cccc(-c2ccc(F)c3cc(Cc4cc(F)cc(Cl)c4)sc23)c1. The molecule has 0 saturated carbocycles. The van der Waals surface area contributed by atoms with E-state index in [4.69, 9.17) is 11.6 Å². The molecule has 0 bridgehead atoms. The van der Waals surface area contributed by atoms with Gasteiger partial charge in [-0.3, -0.25) is 0 Å². The minimum atomic E-state index is -1.02. The molecule has 2 nitrogen and oxygen atoms in total. The molecule has 0 aliphatic rings. The van der Waals surface area contributed by atoms with Gasteiger partial charge in [0.1, 0.15) is 11.6 Å². The second-order valence-corrected chi connectivity index (χ2v) is 7.96. The van der Waals surface area contributed by atoms with E-state index < -0.39 is 11.8 Å². The van der Waals surface area contributed by atoms with Crippen molar-refractivity contribution in [2.75, 3.05) is 0 Å². The average molecular weight is 415 g/mol. The van der Waals surface area contributed by atoms with Gasteiger partial charge in [-0.05, 0) is 59.2 Å². The molecule has 1 aromatic heterocycles. The molecular formula is C22H13ClF2O2S. The highest BCUT2D eigenvalue weighted by molar-refractivity contribution is 7.19. The van der Waals surface area contributed by atoms with Gasteiger partial charge in [-0.1, -0.05) is 29.8 Å². The summed E-state index contributed by atoms with van der Waals surface area (Å²) in [4.78, 5) is 12.1. The maximum Gasteiger partial charge on any atom is 0.335 e. The molecule has 0 radical (unpaired) electrons. The van der Waals surface area contributed by atoms with E-state index in [0.29, 0.717) is 28.0 Å². The molecule has 3 aromatic carbocycles. The number of carboxylic acid groups (broad SMARTS) is 1. The van der Waals surface area contributed by atoms with Crippen molar-refractivity contribution < 1.29 is 18.7 Å². The Labute approximate surface area is 168 Å². The third-order valence-electron chi connectivity index (χ3n) is 4.40. The van der Waals surface area contributed by atoms with Gasteiger partial charge in [0.15, 0.2) is 0 Å². The largest absolute Gasteiger partial charge is 0.478 e. The maximum atomic E-state index is 14.4. The first-order chi connectivity index (χ1) is 13.4. The number of carboxylic acids is 1. The Morgan fingerprint density at radius 2 is 1.86 bits per heavy atom. The van der Waals surface area contributed by atoms with Crippen LogP contribution in [-0.2, 0) is 6.42 Å². The van der Waals surface area contributed by atoms with Crippen LogP contribution in [0.25, 0.3) is 21.2 Å². The van der Waals surface area contributed by atoms with Gasteiger partial charge in [0.25, 0.3) is 0 Å². The van der Waals surface area contributed by atoms with Crippen molar-refractivity contribution in [3.8, 4) is 11.1 Å². The van der Waals surface area contributed by atoms with Crippen LogP contribution >= 0.6 is 22.9 Å². The lowest BCUT2D eigenvalue weighted by atomic mass is 10.0. The van der Waals surface area contributed by atoms with Crippen LogP contribution < -0.4 is 0 Å². The second kappa shape index (κ2) is 7.34. The van der Waals surface area contributed by atoms with Gasteiger partial charge in [-0.15, -0.1) is 11.3 Å². The lowest BCUT2D eigenvalue weighted by Gasteiger charge is -2.05. The molecule has 0 unspecified atom stereocenters. The molecule has 140 valence electrons. The predicted molar refractivity (Wildman–Crippen MR) is 108 cm³/mol. The second-order valence-electron chi connectivity index (χ2n) is 6.39. The van der Waals surface area contributed by atoms with Crippen LogP contribution in [0.4, 0.5) is 8.78 Å². The monoisotopic (exact) mass is 414 g/mol. The molecule has 4 rings (SSSR count). The number of carbonyl (C=O) groups is 1. The Hall–Kier alpha value is -2.76. The third kappa shape index (κ3) is 3.63. The van der Waals surface area contributed by atoms with Crippen molar-refractivity contribution in [1.29, 1.82) is 0 Å². The Kier molecular flexibility index (Phi) is 4.87. The van der Waals surface area contributed by atoms with Crippen LogP contribution in [0.3, 0.4) is 0 Å². The minimum Gasteiger partial charge on any atom is -0.478 e. The summed E-state index contributed by atoms with van der Waals surface area (Å²) >= 11 is 7.32. The summed E-state index contributed by atoms with van der Waals surface area (Å²) in [5.74, 6) is -1.79. The van der Waals surface area contributed by atoms with E-state index in [1.54, 1.807) is 36.4 Å². The molecule has 0 fully saturated rings. The molecule has 1 N–H and O–H groups in total. The molecule has 28 heavy (non-hydrogen) atoms. The molecule has 0 aliphatic heterocycles. The molecule has 0 aliphatic carbocycles. The van der Waals surface area contributed by atoms with Gasteiger partial charge in [0, 0.05) is 26.4 Å². The first-order valence-electron chi connectivity index (χ1n) is 8.40. The van der Waals surface area contributed by atoms with Gasteiger partial charge in [0.2, 0.25) is 0 Å². The number of hydrogen-bond donors (Lipinski definition) is 1. The zero-order valence-electron chi connectivity index (χ0n) is 14.4. The molecule has 6 heteroatoms. The van der Waals surface area contributed by atoms with Crippen LogP contribution in [0, 0.1) is 11.6 Å². The minimum absolute atomic E-state index is 0.168. The number of halogens is 3. The quantitative estimate of drug-likeness (QED) is 0.399. The number of rotatable bonds is 4. The summed E-state index contributed by atoms with van der Waals surface area (Å²) in [5.41, 5.74) is 2.33. The van der Waals surface area contributed by atoms with Crippen molar-refractivity contribution in [3.05, 3.63) is 93.3 Å². The highest BCUT2D eigenvalue weighted by Crippen LogP contribution is 2.37. The lowest BCUT2D eigenvalue weighted by Crippen LogP contribution is -1.95. The number of thiophene rings is 1. The summed E-state index contributed by atoms with van der Waals surface area (Å²) in [6.45, 7) is 0. The molecule has 0 amide bonds. The van der Waals surface area contributed by atoms with Crippen molar-refractivity contribution in [3.63, 3.8) is 0 Å². The Morgan fingerprint density at radius 3 is 2.61 bits per heavy atom. The molecular weight excluding hydrogens is 402 g/mol. The Morgan fingerprint density at radius 1 is 1.04 bits per heavy atom. The smallest absolute Gasteiger partial charge is 0.335 e. The van der Waals surface area contributed by atoms with E-state index in [-0.39, 0.29) is 11.4 Å². The number of hydrogen-bond acceptors (Lipinski definition) is 2. The fourth-order valence-corrected chi connectivity index (χ4v) is 4.67. The molecule has 0 saturated heterocycles. The first kappa shape index (κ1) is 18.6. The predicted octanol–water partition coefficient (Wildman–Crippen LogP) is 6.79. The van der Waals surface area contributed by atoms with E-state index in [0.717, 1.165) is 15.1 Å². The van der Waals surface area contributed by atoms with Gasteiger partial charge in [0.05, 0.1) is 5.56 Å². The van der Waals surface area contributed by atoms with Crippen molar-refractivity contribution in [1.82, 2.24) is 0 Å². The van der Waals surface area contributed by atoms with E-state index in [2.05, 4.69) is 0 Å². The summed E-state index contributed by atoms with van der Waals surface area (Å²) in [5, 5.41) is 10.0. The van der Waals surface area contributed by atoms with Crippen LogP contribution in [0.5, 0.6) is 0 Å². The van der Waals surface area contributed by atoms with Crippen LogP contribution in [0.1, 0.15) is 20.8 Å². The number of fused-ring (bicyclic) bond motifs is 1. The van der Waals surface area contributed by atoms with E-state index in [1.165, 1.54) is 35.6 Å². The van der Waals surface area contributed by atoms with E-state index >= 15 is 0 Å². The van der Waals surface area contributed by atoms with E-state index in [1.807, 2.05) is 0 Å². The first-order valence-corrected chi connectivity index (χ1v) is 9.60. The molecule has 0 spiro atoms. The zero-order valence-corrected chi connectivity index (χ0v) is 16.0. The number of benzene rings is 3. The van der Waals surface area contributed by atoms with Crippen LogP contribution in [-0.4, -0.2) is 11.1 Å². The van der Waals surface area contributed by atoms with Gasteiger partial charge >= 0.3 is 5.97 Å². The summed E-state index contributed by atoms with van der Waals surface area (Å²) in [6.07, 6.45) is 0.422. The summed E-state index contributed by atoms with van der Waals surface area (Å²) < 4.78 is 28.7. The normalized spacial score (nSPS) is 11.1. The summed E-state index contributed by atoms with van der Waals surface area (Å²) in [6, 6.07) is 15.6. The molecule has 1 heterocycles. The fraction of sp³-hybridized carbons (Fsp3) is 0.0455. The van der Waals surface area contributed by atoms with Gasteiger partial charge in [-0.25, -0.2) is 13.6 Å². The van der Waals surface area contributed by atoms with Crippen molar-refractivity contribution in [2.45, 2.75) is 6.42 Å². The van der Waals surface area contributed by atoms with Crippen LogP contribution in [0.15, 0.2) is 60.7 Å². The fourth-order valence-electron chi connectivity index (χ4n) is 3.19. The van der Waals surface area contributed by atoms with E-state index in [9.17, 15) is 18.7 Å². The Balaban J connectivity index is 1.81.